The number of nitrogens with two attached hydrogens (primary N) is 2. The number of rotatable bonds is 8. The minimum absolute atomic E-state index is 0.198. The van der Waals surface area contributed by atoms with Crippen molar-refractivity contribution in [2.75, 3.05) is 19.6 Å². The molecule has 4 atom stereocenters. The van der Waals surface area contributed by atoms with Crippen LogP contribution in [0.2, 0.25) is 0 Å². The van der Waals surface area contributed by atoms with Crippen LogP contribution in [0, 0.1) is 5.92 Å². The summed E-state index contributed by atoms with van der Waals surface area (Å²) >= 11 is 0. The second kappa shape index (κ2) is 12.1. The molecule has 0 radical (unpaired) electrons. The van der Waals surface area contributed by atoms with E-state index in [0.29, 0.717) is 18.6 Å². The summed E-state index contributed by atoms with van der Waals surface area (Å²) in [6, 6.07) is 1.05. The molecule has 0 spiro atoms. The van der Waals surface area contributed by atoms with Gasteiger partial charge in [0.1, 0.15) is 0 Å². The molecule has 0 aliphatic carbocycles. The Morgan fingerprint density at radius 3 is 2.21 bits per heavy atom. The summed E-state index contributed by atoms with van der Waals surface area (Å²) < 4.78 is 4.35. The van der Waals surface area contributed by atoms with Gasteiger partial charge in [-0.05, 0) is 34.6 Å². The van der Waals surface area contributed by atoms with Crippen molar-refractivity contribution in [3.63, 3.8) is 0 Å². The maximum Gasteiger partial charge on any atom is 0.321 e. The van der Waals surface area contributed by atoms with Gasteiger partial charge < -0.3 is 26.8 Å². The van der Waals surface area contributed by atoms with Crippen LogP contribution in [-0.4, -0.2) is 49.7 Å². The zero-order valence-corrected chi connectivity index (χ0v) is 15.6. The Balaban J connectivity index is 0.000000446. The molecular weight excluding hydrogens is 308 g/mol. The number of hydrogen-bond acceptors (Lipinski definition) is 7. The van der Waals surface area contributed by atoms with Gasteiger partial charge in [0.15, 0.2) is 0 Å². The van der Waals surface area contributed by atoms with Crippen LogP contribution in [-0.2, 0) is 14.3 Å². The third-order valence-electron chi connectivity index (χ3n) is 3.35. The standard InChI is InChI=1S/C9H24N4.C8H10O3/c1-7(11)5-12-9(3)6-13-8(2)4-10;1-5(2)3-6-4-7(9)11-8(6)10/h7-9,12-13H,4-6,10-11H2,1-3H3;3,6H,4H2,1-2H3. The van der Waals surface area contributed by atoms with Gasteiger partial charge in [0, 0.05) is 37.8 Å². The second-order valence-electron chi connectivity index (χ2n) is 6.68. The van der Waals surface area contributed by atoms with Gasteiger partial charge >= 0.3 is 11.9 Å². The number of carbonyl (C=O) groups is 2. The molecule has 6 N–H and O–H groups in total. The lowest BCUT2D eigenvalue weighted by molar-refractivity contribution is -0.152. The van der Waals surface area contributed by atoms with E-state index in [1.807, 2.05) is 20.8 Å². The molecule has 1 saturated heterocycles. The molecule has 0 bridgehead atoms. The molecule has 0 aromatic rings. The molecule has 0 aromatic carbocycles. The average molecular weight is 342 g/mol. The van der Waals surface area contributed by atoms with Crippen LogP contribution in [0.1, 0.15) is 41.0 Å². The number of allylic oxidation sites excluding steroid dienone is 1. The van der Waals surface area contributed by atoms with Gasteiger partial charge in [-0.25, -0.2) is 0 Å². The third-order valence-corrected chi connectivity index (χ3v) is 3.35. The zero-order chi connectivity index (χ0) is 18.7. The van der Waals surface area contributed by atoms with Crippen LogP contribution < -0.4 is 22.1 Å². The predicted molar refractivity (Wildman–Crippen MR) is 96.3 cm³/mol. The van der Waals surface area contributed by atoms with Crippen molar-refractivity contribution < 1.29 is 14.3 Å². The molecule has 4 unspecified atom stereocenters. The molecule has 1 aliphatic heterocycles. The minimum atomic E-state index is -0.420. The number of hydrogen-bond donors (Lipinski definition) is 4. The summed E-state index contributed by atoms with van der Waals surface area (Å²) in [6.45, 7) is 12.5. The summed E-state index contributed by atoms with van der Waals surface area (Å²) in [7, 11) is 0. The van der Waals surface area contributed by atoms with Crippen LogP contribution in [0.4, 0.5) is 0 Å². The second-order valence-corrected chi connectivity index (χ2v) is 6.68. The van der Waals surface area contributed by atoms with Crippen molar-refractivity contribution in [1.82, 2.24) is 10.6 Å². The SMILES string of the molecule is CC(C)=CC1CC(=O)OC1=O.CC(N)CNC(C)CNC(C)CN. The van der Waals surface area contributed by atoms with Gasteiger partial charge in [0.05, 0.1) is 12.3 Å². The zero-order valence-electron chi connectivity index (χ0n) is 15.6. The van der Waals surface area contributed by atoms with Gasteiger partial charge in [-0.3, -0.25) is 9.59 Å². The smallest absolute Gasteiger partial charge is 0.321 e. The Morgan fingerprint density at radius 1 is 1.21 bits per heavy atom. The van der Waals surface area contributed by atoms with Crippen molar-refractivity contribution in [2.24, 2.45) is 17.4 Å². The van der Waals surface area contributed by atoms with Gasteiger partial charge in [0.25, 0.3) is 0 Å². The van der Waals surface area contributed by atoms with Crippen molar-refractivity contribution in [2.45, 2.75) is 59.2 Å². The summed E-state index contributed by atoms with van der Waals surface area (Å²) in [6.07, 6.45) is 1.96. The average Bonchev–Trinajstić information content (AvgIpc) is 2.80. The Hall–Kier alpha value is -1.28. The van der Waals surface area contributed by atoms with Gasteiger partial charge in [0.2, 0.25) is 0 Å². The molecule has 140 valence electrons. The fourth-order valence-electron chi connectivity index (χ4n) is 1.94. The van der Waals surface area contributed by atoms with E-state index >= 15 is 0 Å². The van der Waals surface area contributed by atoms with Crippen LogP contribution in [0.5, 0.6) is 0 Å². The topological polar surface area (TPSA) is 119 Å². The molecule has 24 heavy (non-hydrogen) atoms. The number of carbonyl (C=O) groups excluding carboxylic acids is 2. The van der Waals surface area contributed by atoms with Crippen LogP contribution in [0.3, 0.4) is 0 Å². The Labute approximate surface area is 145 Å². The third kappa shape index (κ3) is 11.3. The largest absolute Gasteiger partial charge is 0.393 e. The maximum absolute atomic E-state index is 10.8. The lowest BCUT2D eigenvalue weighted by atomic mass is 10.1. The molecule has 7 heteroatoms. The molecule has 1 aliphatic rings. The van der Waals surface area contributed by atoms with Crippen molar-refractivity contribution >= 4 is 11.9 Å². The Bertz CT molecular complexity index is 420. The lowest BCUT2D eigenvalue weighted by Crippen LogP contribution is -2.45. The summed E-state index contributed by atoms with van der Waals surface area (Å²) in [5, 5.41) is 6.66. The van der Waals surface area contributed by atoms with Crippen LogP contribution in [0.25, 0.3) is 0 Å². The molecule has 0 amide bonds. The Morgan fingerprint density at radius 2 is 1.79 bits per heavy atom. The van der Waals surface area contributed by atoms with Crippen molar-refractivity contribution in [3.8, 4) is 0 Å². The van der Waals surface area contributed by atoms with Crippen LogP contribution in [0.15, 0.2) is 11.6 Å². The van der Waals surface area contributed by atoms with Crippen molar-refractivity contribution in [1.29, 1.82) is 0 Å². The number of cyclic esters (lactones) is 2. The highest BCUT2D eigenvalue weighted by atomic mass is 16.6. The molecule has 0 aromatic heterocycles. The summed E-state index contributed by atoms with van der Waals surface area (Å²) in [5.41, 5.74) is 12.1. The first-order chi connectivity index (χ1) is 11.1. The van der Waals surface area contributed by atoms with E-state index in [0.717, 1.165) is 18.7 Å². The van der Waals surface area contributed by atoms with Crippen molar-refractivity contribution in [3.05, 3.63) is 11.6 Å². The normalized spacial score (nSPS) is 20.5. The van der Waals surface area contributed by atoms with E-state index in [4.69, 9.17) is 11.5 Å². The quantitative estimate of drug-likeness (QED) is 0.284. The molecule has 1 rings (SSSR count). The first kappa shape index (κ1) is 22.7. The molecule has 0 saturated carbocycles. The fourth-order valence-corrected chi connectivity index (χ4v) is 1.94. The van der Waals surface area contributed by atoms with E-state index < -0.39 is 11.9 Å². The van der Waals surface area contributed by atoms with Gasteiger partial charge in [-0.1, -0.05) is 11.6 Å². The molecule has 7 nitrogen and oxygen atoms in total. The van der Waals surface area contributed by atoms with E-state index in [-0.39, 0.29) is 18.4 Å². The van der Waals surface area contributed by atoms with E-state index in [2.05, 4.69) is 29.2 Å². The van der Waals surface area contributed by atoms with E-state index in [1.54, 1.807) is 6.08 Å². The first-order valence-electron chi connectivity index (χ1n) is 8.47. The lowest BCUT2D eigenvalue weighted by Gasteiger charge is -2.18. The van der Waals surface area contributed by atoms with E-state index in [9.17, 15) is 9.59 Å². The Kier molecular flexibility index (Phi) is 11.5. The first-order valence-corrected chi connectivity index (χ1v) is 8.47. The van der Waals surface area contributed by atoms with Gasteiger partial charge in [-0.2, -0.15) is 0 Å². The summed E-state index contributed by atoms with van der Waals surface area (Å²) in [4.78, 5) is 21.4. The highest BCUT2D eigenvalue weighted by molar-refractivity contribution is 5.95. The van der Waals surface area contributed by atoms with E-state index in [1.165, 1.54) is 0 Å². The molecule has 1 fully saturated rings. The number of ether oxygens (including phenoxy) is 1. The number of esters is 2. The maximum atomic E-state index is 10.8. The van der Waals surface area contributed by atoms with Gasteiger partial charge in [-0.15, -0.1) is 0 Å². The van der Waals surface area contributed by atoms with Crippen LogP contribution >= 0.6 is 0 Å². The monoisotopic (exact) mass is 342 g/mol. The highest BCUT2D eigenvalue weighted by Gasteiger charge is 2.31. The predicted octanol–water partition coefficient (Wildman–Crippen LogP) is 0.291. The fraction of sp³-hybridized carbons (Fsp3) is 0.765. The molecular formula is C17H34N4O3. The summed E-state index contributed by atoms with van der Waals surface area (Å²) in [5.74, 6) is -1.18. The number of nitrogens with one attached hydrogen (secondary N) is 2. The molecule has 1 heterocycles. The highest BCUT2D eigenvalue weighted by Crippen LogP contribution is 2.18. The minimum Gasteiger partial charge on any atom is -0.393 e.